The predicted molar refractivity (Wildman–Crippen MR) is 31.7 cm³/mol. The van der Waals surface area contributed by atoms with Gasteiger partial charge in [0, 0.05) is 5.92 Å². The molecule has 0 aromatic heterocycles. The molecule has 3 rings (SSSR count). The van der Waals surface area contributed by atoms with Crippen LogP contribution < -0.4 is 0 Å². The fraction of sp³-hybridized carbons (Fsp3) is 0.833. The Labute approximate surface area is 62.8 Å². The van der Waals surface area contributed by atoms with Crippen LogP contribution in [0, 0.1) is 5.92 Å². The lowest BCUT2D eigenvalue weighted by atomic mass is 10.1. The zero-order valence-corrected chi connectivity index (χ0v) is 5.78. The first kappa shape index (κ1) is 7.02. The molecular weight excluding hydrogens is 152 g/mol. The van der Waals surface area contributed by atoms with Gasteiger partial charge in [-0.15, -0.1) is 0 Å². The van der Waals surface area contributed by atoms with Crippen molar-refractivity contribution in [1.82, 2.24) is 0 Å². The van der Waals surface area contributed by atoms with E-state index < -0.39 is 11.9 Å². The summed E-state index contributed by atoms with van der Waals surface area (Å²) in [4.78, 5) is 10.6. The Hall–Kier alpha value is -0.650. The summed E-state index contributed by atoms with van der Waals surface area (Å²) in [5.41, 5.74) is 0. The minimum absolute atomic E-state index is 0.191. The number of carboxylic acid groups (broad SMARTS) is 1. The summed E-state index contributed by atoms with van der Waals surface area (Å²) in [5.74, 6) is -2.82. The van der Waals surface area contributed by atoms with Gasteiger partial charge in [0.25, 0.3) is 0 Å². The summed E-state index contributed by atoms with van der Waals surface area (Å²) in [7, 11) is 0. The average Bonchev–Trinajstić information content (AvgIpc) is 2.08. The smallest absolute Gasteiger partial charge is 0.395 e. The molecule has 3 aliphatic heterocycles. The Morgan fingerprint density at radius 1 is 1.27 bits per heavy atom. The van der Waals surface area contributed by atoms with Gasteiger partial charge in [0.15, 0.2) is 0 Å². The third-order valence-electron chi connectivity index (χ3n) is 1.79. The first-order valence-electron chi connectivity index (χ1n) is 3.38. The fourth-order valence-corrected chi connectivity index (χ4v) is 1.14. The van der Waals surface area contributed by atoms with Crippen molar-refractivity contribution in [3.8, 4) is 0 Å². The molecule has 62 valence electrons. The van der Waals surface area contributed by atoms with E-state index in [4.69, 9.17) is 19.3 Å². The van der Waals surface area contributed by atoms with Crippen molar-refractivity contribution in [2.45, 2.75) is 5.97 Å². The van der Waals surface area contributed by atoms with Crippen molar-refractivity contribution in [3.63, 3.8) is 0 Å². The quantitative estimate of drug-likeness (QED) is 0.555. The Morgan fingerprint density at radius 2 is 1.73 bits per heavy atom. The van der Waals surface area contributed by atoms with E-state index >= 15 is 0 Å². The monoisotopic (exact) mass is 160 g/mol. The van der Waals surface area contributed by atoms with Gasteiger partial charge in [-0.3, -0.25) is 0 Å². The zero-order chi connectivity index (χ0) is 7.90. The zero-order valence-electron chi connectivity index (χ0n) is 5.78. The molecule has 3 heterocycles. The molecule has 0 radical (unpaired) electrons. The molecule has 11 heavy (non-hydrogen) atoms. The van der Waals surface area contributed by atoms with Gasteiger partial charge in [0.2, 0.25) is 0 Å². The molecule has 0 amide bonds. The fourth-order valence-electron chi connectivity index (χ4n) is 1.14. The van der Waals surface area contributed by atoms with Crippen LogP contribution in [-0.4, -0.2) is 36.9 Å². The number of hydrogen-bond acceptors (Lipinski definition) is 4. The summed E-state index contributed by atoms with van der Waals surface area (Å²) in [5, 5.41) is 8.64. The Bertz CT molecular complexity index is 168. The molecule has 5 heteroatoms. The van der Waals surface area contributed by atoms with Crippen LogP contribution in [0.25, 0.3) is 0 Å². The van der Waals surface area contributed by atoms with Crippen LogP contribution in [0.5, 0.6) is 0 Å². The summed E-state index contributed by atoms with van der Waals surface area (Å²) < 4.78 is 14.6. The number of rotatable bonds is 1. The number of aliphatic carboxylic acids is 1. The SMILES string of the molecule is O=C(O)C12OCC(CO1)CO2. The first-order chi connectivity index (χ1) is 5.23. The third kappa shape index (κ3) is 0.926. The Balaban J connectivity index is 2.18. The summed E-state index contributed by atoms with van der Waals surface area (Å²) in [6.45, 7) is 1.23. The predicted octanol–water partition coefficient (Wildman–Crippen LogP) is -0.582. The second kappa shape index (κ2) is 2.17. The van der Waals surface area contributed by atoms with E-state index in [1.54, 1.807) is 0 Å². The van der Waals surface area contributed by atoms with Crippen molar-refractivity contribution in [2.24, 2.45) is 5.92 Å². The molecule has 3 fully saturated rings. The number of fused-ring (bicyclic) bond motifs is 3. The molecule has 0 atom stereocenters. The molecule has 3 aliphatic rings. The highest BCUT2D eigenvalue weighted by molar-refractivity contribution is 5.74. The molecule has 0 aromatic rings. The highest BCUT2D eigenvalue weighted by Gasteiger charge is 2.51. The molecule has 0 aromatic carbocycles. The minimum Gasteiger partial charge on any atom is -0.475 e. The number of carbonyl (C=O) groups is 1. The maximum Gasteiger partial charge on any atom is 0.395 e. The van der Waals surface area contributed by atoms with Gasteiger partial charge >= 0.3 is 11.9 Å². The molecular formula is C6H8O5. The highest BCUT2D eigenvalue weighted by Crippen LogP contribution is 2.29. The van der Waals surface area contributed by atoms with Crippen LogP contribution in [-0.2, 0) is 19.0 Å². The van der Waals surface area contributed by atoms with Gasteiger partial charge in [0.1, 0.15) is 0 Å². The standard InChI is InChI=1S/C6H8O5/c7-5(8)6-9-1-4(2-10-6)3-11-6/h4H,1-3H2,(H,7,8). The maximum absolute atomic E-state index is 10.6. The van der Waals surface area contributed by atoms with E-state index in [2.05, 4.69) is 0 Å². The van der Waals surface area contributed by atoms with Crippen molar-refractivity contribution in [2.75, 3.05) is 19.8 Å². The Kier molecular flexibility index (Phi) is 1.38. The van der Waals surface area contributed by atoms with Gasteiger partial charge in [0.05, 0.1) is 19.8 Å². The topological polar surface area (TPSA) is 65.0 Å². The Morgan fingerprint density at radius 3 is 2.00 bits per heavy atom. The van der Waals surface area contributed by atoms with Crippen molar-refractivity contribution < 1.29 is 24.1 Å². The largest absolute Gasteiger partial charge is 0.475 e. The van der Waals surface area contributed by atoms with Gasteiger partial charge in [-0.05, 0) is 0 Å². The minimum atomic E-state index is -1.80. The van der Waals surface area contributed by atoms with Crippen LogP contribution in [0.4, 0.5) is 0 Å². The van der Waals surface area contributed by atoms with E-state index in [0.717, 1.165) is 0 Å². The molecule has 1 N–H and O–H groups in total. The molecule has 5 nitrogen and oxygen atoms in total. The lowest BCUT2D eigenvalue weighted by Gasteiger charge is -2.41. The number of hydrogen-bond donors (Lipinski definition) is 1. The maximum atomic E-state index is 10.6. The lowest BCUT2D eigenvalue weighted by Crippen LogP contribution is -2.58. The van der Waals surface area contributed by atoms with Crippen LogP contribution in [0.15, 0.2) is 0 Å². The average molecular weight is 160 g/mol. The molecule has 0 spiro atoms. The molecule has 0 saturated carbocycles. The summed E-state index contributed by atoms with van der Waals surface area (Å²) >= 11 is 0. The normalized spacial score (nSPS) is 42.4. The van der Waals surface area contributed by atoms with Crippen LogP contribution >= 0.6 is 0 Å². The summed E-state index contributed by atoms with van der Waals surface area (Å²) in [6, 6.07) is 0. The van der Waals surface area contributed by atoms with Crippen molar-refractivity contribution in [1.29, 1.82) is 0 Å². The van der Waals surface area contributed by atoms with E-state index in [0.29, 0.717) is 19.8 Å². The molecule has 3 saturated heterocycles. The molecule has 2 bridgehead atoms. The van der Waals surface area contributed by atoms with Gasteiger partial charge in [-0.25, -0.2) is 4.79 Å². The number of ether oxygens (including phenoxy) is 3. The second-order valence-electron chi connectivity index (χ2n) is 2.66. The first-order valence-corrected chi connectivity index (χ1v) is 3.38. The third-order valence-corrected chi connectivity index (χ3v) is 1.79. The highest BCUT2D eigenvalue weighted by atomic mass is 16.9. The lowest BCUT2D eigenvalue weighted by molar-refractivity contribution is -0.427. The molecule has 0 aliphatic carbocycles. The van der Waals surface area contributed by atoms with Crippen molar-refractivity contribution >= 4 is 5.97 Å². The van der Waals surface area contributed by atoms with E-state index in [9.17, 15) is 4.79 Å². The summed E-state index contributed by atoms with van der Waals surface area (Å²) in [6.07, 6.45) is 0. The number of carboxylic acids is 1. The van der Waals surface area contributed by atoms with Crippen LogP contribution in [0.1, 0.15) is 0 Å². The van der Waals surface area contributed by atoms with Crippen LogP contribution in [0.3, 0.4) is 0 Å². The van der Waals surface area contributed by atoms with E-state index in [1.807, 2.05) is 0 Å². The van der Waals surface area contributed by atoms with Gasteiger partial charge in [-0.2, -0.15) is 0 Å². The van der Waals surface area contributed by atoms with Crippen molar-refractivity contribution in [3.05, 3.63) is 0 Å². The second-order valence-corrected chi connectivity index (χ2v) is 2.66. The van der Waals surface area contributed by atoms with E-state index in [1.165, 1.54) is 0 Å². The van der Waals surface area contributed by atoms with Gasteiger partial charge < -0.3 is 19.3 Å². The van der Waals surface area contributed by atoms with Gasteiger partial charge in [-0.1, -0.05) is 0 Å². The van der Waals surface area contributed by atoms with E-state index in [-0.39, 0.29) is 5.92 Å². The van der Waals surface area contributed by atoms with Crippen LogP contribution in [0.2, 0.25) is 0 Å². The molecule has 0 unspecified atom stereocenters.